The first-order chi connectivity index (χ1) is 12.6. The van der Waals surface area contributed by atoms with E-state index in [1.807, 2.05) is 25.1 Å². The summed E-state index contributed by atoms with van der Waals surface area (Å²) in [5.41, 5.74) is 1.16. The fourth-order valence-corrected chi connectivity index (χ4v) is 4.05. The summed E-state index contributed by atoms with van der Waals surface area (Å²) in [5.74, 6) is -0.0225. The highest BCUT2D eigenvalue weighted by atomic mass is 16.2. The van der Waals surface area contributed by atoms with Crippen LogP contribution in [-0.2, 0) is 20.8 Å². The zero-order chi connectivity index (χ0) is 18.6. The maximum absolute atomic E-state index is 12.6. The molecule has 2 aromatic carbocycles. The Morgan fingerprint density at radius 2 is 1.85 bits per heavy atom. The molecule has 0 N–H and O–H groups in total. The minimum atomic E-state index is -0.108. The zero-order valence-electron chi connectivity index (χ0n) is 15.3. The average molecular weight is 352 g/mol. The van der Waals surface area contributed by atoms with Crippen LogP contribution in [0.2, 0.25) is 0 Å². The van der Waals surface area contributed by atoms with Crippen molar-refractivity contribution in [1.82, 2.24) is 0 Å². The standard InChI is InChI=1S/C22H26NO3/c1-17-6-5-15-23(17,16-24)22(26)14-13-20(25)12-11-19-9-4-8-18-7-2-3-10-21(18)19/h2-4,7-10,16-17H,5-6,11-15H2,1H3/q+1/t17-,23?/m1/s1. The highest BCUT2D eigenvalue weighted by molar-refractivity contribution is 5.87. The van der Waals surface area contributed by atoms with Gasteiger partial charge in [0.15, 0.2) is 0 Å². The van der Waals surface area contributed by atoms with Gasteiger partial charge in [0.2, 0.25) is 0 Å². The number of carbonyl (C=O) groups excluding carboxylic acids is 3. The van der Waals surface area contributed by atoms with Gasteiger partial charge < -0.3 is 0 Å². The second kappa shape index (κ2) is 7.92. The molecule has 1 fully saturated rings. The van der Waals surface area contributed by atoms with Crippen molar-refractivity contribution >= 4 is 28.9 Å². The number of hydrogen-bond acceptors (Lipinski definition) is 3. The maximum Gasteiger partial charge on any atom is 0.321 e. The highest BCUT2D eigenvalue weighted by Gasteiger charge is 2.45. The second-order valence-corrected chi connectivity index (χ2v) is 7.32. The van der Waals surface area contributed by atoms with Crippen LogP contribution in [0.4, 0.5) is 0 Å². The topological polar surface area (TPSA) is 51.2 Å². The third kappa shape index (κ3) is 3.61. The molecule has 1 unspecified atom stereocenters. The summed E-state index contributed by atoms with van der Waals surface area (Å²) < 4.78 is -0.101. The molecule has 4 nitrogen and oxygen atoms in total. The number of hydrogen-bond donors (Lipinski definition) is 0. The lowest BCUT2D eigenvalue weighted by Gasteiger charge is -2.28. The SMILES string of the molecule is C[C@@H]1CCC[N+]1(C=O)C(=O)CCC(=O)CCc1cccc2ccccc12. The molecule has 3 rings (SSSR count). The van der Waals surface area contributed by atoms with E-state index < -0.39 is 0 Å². The van der Waals surface area contributed by atoms with E-state index in [9.17, 15) is 14.4 Å². The zero-order valence-corrected chi connectivity index (χ0v) is 15.3. The predicted molar refractivity (Wildman–Crippen MR) is 101 cm³/mol. The van der Waals surface area contributed by atoms with Crippen LogP contribution >= 0.6 is 0 Å². The summed E-state index contributed by atoms with van der Waals surface area (Å²) >= 11 is 0. The molecule has 1 heterocycles. The van der Waals surface area contributed by atoms with Crippen LogP contribution in [0.15, 0.2) is 42.5 Å². The Balaban J connectivity index is 1.56. The number of rotatable bonds is 7. The minimum Gasteiger partial charge on any atom is -0.300 e. The summed E-state index contributed by atoms with van der Waals surface area (Å²) in [5, 5.41) is 2.35. The van der Waals surface area contributed by atoms with E-state index in [0.29, 0.717) is 19.4 Å². The number of aryl methyl sites for hydroxylation is 1. The Kier molecular flexibility index (Phi) is 5.62. The van der Waals surface area contributed by atoms with Gasteiger partial charge in [0.1, 0.15) is 11.8 Å². The number of ketones is 1. The molecule has 136 valence electrons. The molecule has 1 aliphatic heterocycles. The van der Waals surface area contributed by atoms with E-state index in [1.54, 1.807) is 0 Å². The van der Waals surface area contributed by atoms with Crippen molar-refractivity contribution in [3.63, 3.8) is 0 Å². The lowest BCUT2D eigenvalue weighted by Crippen LogP contribution is -2.53. The van der Waals surface area contributed by atoms with Crippen LogP contribution in [0, 0.1) is 0 Å². The first-order valence-corrected chi connectivity index (χ1v) is 9.42. The third-order valence-corrected chi connectivity index (χ3v) is 5.76. The molecule has 2 aromatic rings. The Morgan fingerprint density at radius 3 is 2.58 bits per heavy atom. The van der Waals surface area contributed by atoms with Crippen molar-refractivity contribution in [1.29, 1.82) is 0 Å². The van der Waals surface area contributed by atoms with Crippen LogP contribution in [0.25, 0.3) is 10.8 Å². The van der Waals surface area contributed by atoms with E-state index in [-0.39, 0.29) is 35.1 Å². The third-order valence-electron chi connectivity index (χ3n) is 5.76. The van der Waals surface area contributed by atoms with E-state index in [0.717, 1.165) is 24.8 Å². The summed E-state index contributed by atoms with van der Waals surface area (Å²) in [4.78, 5) is 36.4. The van der Waals surface area contributed by atoms with Crippen molar-refractivity contribution < 1.29 is 18.9 Å². The lowest BCUT2D eigenvalue weighted by atomic mass is 9.99. The van der Waals surface area contributed by atoms with Gasteiger partial charge >= 0.3 is 12.3 Å². The van der Waals surface area contributed by atoms with Crippen LogP contribution < -0.4 is 0 Å². The molecule has 2 atom stereocenters. The molecule has 2 amide bonds. The molecule has 0 aromatic heterocycles. The van der Waals surface area contributed by atoms with E-state index >= 15 is 0 Å². The Hall–Kier alpha value is -2.33. The number of Topliss-reactive ketones (excluding diaryl/α,β-unsaturated/α-hetero) is 1. The molecule has 4 heteroatoms. The average Bonchev–Trinajstić information content (AvgIpc) is 3.06. The largest absolute Gasteiger partial charge is 0.321 e. The molecular weight excluding hydrogens is 326 g/mol. The second-order valence-electron chi connectivity index (χ2n) is 7.32. The fraction of sp³-hybridized carbons (Fsp3) is 0.409. The molecule has 0 saturated carbocycles. The van der Waals surface area contributed by atoms with Gasteiger partial charge in [-0.25, -0.2) is 9.59 Å². The summed E-state index contributed by atoms with van der Waals surface area (Å²) in [6, 6.07) is 14.3. The van der Waals surface area contributed by atoms with Crippen molar-refractivity contribution in [3.8, 4) is 0 Å². The van der Waals surface area contributed by atoms with Crippen LogP contribution in [0.3, 0.4) is 0 Å². The van der Waals surface area contributed by atoms with Gasteiger partial charge in [-0.15, -0.1) is 0 Å². The number of likely N-dealkylation sites (tertiary alicyclic amines) is 1. The summed E-state index contributed by atoms with van der Waals surface area (Å²) in [6.07, 6.45) is 4.05. The smallest absolute Gasteiger partial charge is 0.300 e. The van der Waals surface area contributed by atoms with Gasteiger partial charge in [-0.05, 0) is 29.7 Å². The monoisotopic (exact) mass is 352 g/mol. The van der Waals surface area contributed by atoms with Crippen LogP contribution in [0.1, 0.15) is 44.6 Å². The van der Waals surface area contributed by atoms with Crippen molar-refractivity contribution in [2.45, 2.75) is 51.5 Å². The quantitative estimate of drug-likeness (QED) is 0.562. The molecule has 1 aliphatic rings. The Bertz CT molecular complexity index is 824. The normalized spacial score (nSPS) is 22.4. The molecule has 1 saturated heterocycles. The number of fused-ring (bicyclic) bond motifs is 1. The van der Waals surface area contributed by atoms with Crippen molar-refractivity contribution in [2.75, 3.05) is 6.54 Å². The van der Waals surface area contributed by atoms with Gasteiger partial charge in [-0.1, -0.05) is 42.5 Å². The minimum absolute atomic E-state index is 0.0331. The maximum atomic E-state index is 12.6. The molecule has 0 radical (unpaired) electrons. The number of benzene rings is 2. The number of quaternary nitrogens is 1. The number of amides is 2. The molecule has 0 aliphatic carbocycles. The predicted octanol–water partition coefficient (Wildman–Crippen LogP) is 3.80. The van der Waals surface area contributed by atoms with Gasteiger partial charge in [-0.2, -0.15) is 4.48 Å². The van der Waals surface area contributed by atoms with Crippen LogP contribution in [0.5, 0.6) is 0 Å². The number of imide groups is 1. The van der Waals surface area contributed by atoms with E-state index in [4.69, 9.17) is 0 Å². The molecule has 0 spiro atoms. The number of nitrogens with zero attached hydrogens (tertiary/aromatic N) is 1. The fourth-order valence-electron chi connectivity index (χ4n) is 4.05. The van der Waals surface area contributed by atoms with Gasteiger partial charge in [0.05, 0.1) is 13.0 Å². The lowest BCUT2D eigenvalue weighted by molar-refractivity contribution is -0.780. The summed E-state index contributed by atoms with van der Waals surface area (Å²) in [6.45, 7) is 2.52. The molecule has 26 heavy (non-hydrogen) atoms. The highest BCUT2D eigenvalue weighted by Crippen LogP contribution is 2.27. The van der Waals surface area contributed by atoms with E-state index in [2.05, 4.69) is 24.3 Å². The van der Waals surface area contributed by atoms with Gasteiger partial charge in [-0.3, -0.25) is 4.79 Å². The molecule has 0 bridgehead atoms. The Morgan fingerprint density at radius 1 is 1.08 bits per heavy atom. The molecular formula is C22H26NO3+. The van der Waals surface area contributed by atoms with Crippen LogP contribution in [-0.4, -0.2) is 35.2 Å². The van der Waals surface area contributed by atoms with Gasteiger partial charge in [0, 0.05) is 25.7 Å². The first-order valence-electron chi connectivity index (χ1n) is 9.42. The van der Waals surface area contributed by atoms with Crippen molar-refractivity contribution in [2.24, 2.45) is 0 Å². The van der Waals surface area contributed by atoms with E-state index in [1.165, 1.54) is 10.8 Å². The summed E-state index contributed by atoms with van der Waals surface area (Å²) in [7, 11) is 0. The number of carbonyl (C=O) groups is 3. The Labute approximate surface area is 154 Å². The van der Waals surface area contributed by atoms with Gasteiger partial charge in [0.25, 0.3) is 0 Å². The first kappa shape index (κ1) is 18.5. The van der Waals surface area contributed by atoms with Crippen molar-refractivity contribution in [3.05, 3.63) is 48.0 Å².